The van der Waals surface area contributed by atoms with Gasteiger partial charge in [-0.3, -0.25) is 0 Å². The van der Waals surface area contributed by atoms with Crippen LogP contribution in [-0.4, -0.2) is 12.6 Å². The number of rotatable bonds is 5. The van der Waals surface area contributed by atoms with E-state index in [2.05, 4.69) is 72.0 Å². The van der Waals surface area contributed by atoms with E-state index in [-0.39, 0.29) is 0 Å². The van der Waals surface area contributed by atoms with Gasteiger partial charge in [0.05, 0.1) is 0 Å². The lowest BCUT2D eigenvalue weighted by molar-refractivity contribution is 0.226. The summed E-state index contributed by atoms with van der Waals surface area (Å²) in [7, 11) is 0. The Bertz CT molecular complexity index is 399. The maximum Gasteiger partial charge on any atom is 0.00104 e. The van der Waals surface area contributed by atoms with E-state index in [1.165, 1.54) is 16.7 Å². The molecule has 1 aromatic rings. The summed E-state index contributed by atoms with van der Waals surface area (Å²) in [5.74, 6) is 0.664. The molecular weight excluding hydrogens is 230 g/mol. The van der Waals surface area contributed by atoms with Crippen LogP contribution in [0.4, 0.5) is 0 Å². The van der Waals surface area contributed by atoms with Gasteiger partial charge in [-0.15, -0.1) is 0 Å². The van der Waals surface area contributed by atoms with Crippen molar-refractivity contribution in [1.82, 2.24) is 5.32 Å². The van der Waals surface area contributed by atoms with Crippen LogP contribution in [0.2, 0.25) is 0 Å². The SMILES string of the molecule is Cc1ccc(CC(CNC(C)C)C(C)(C)C)cc1C. The monoisotopic (exact) mass is 261 g/mol. The smallest absolute Gasteiger partial charge is 0.00104 e. The largest absolute Gasteiger partial charge is 0.314 e. The maximum atomic E-state index is 3.60. The fourth-order valence-corrected chi connectivity index (χ4v) is 2.28. The second kappa shape index (κ2) is 6.56. The molecule has 1 rings (SSSR count). The first-order valence-corrected chi connectivity index (χ1v) is 7.49. The van der Waals surface area contributed by atoms with E-state index in [4.69, 9.17) is 0 Å². The average Bonchev–Trinajstić information content (AvgIpc) is 2.27. The van der Waals surface area contributed by atoms with Gasteiger partial charge >= 0.3 is 0 Å². The van der Waals surface area contributed by atoms with Gasteiger partial charge in [0, 0.05) is 6.04 Å². The minimum atomic E-state index is 0.334. The summed E-state index contributed by atoms with van der Waals surface area (Å²) < 4.78 is 0. The third-order valence-corrected chi connectivity index (χ3v) is 4.05. The normalized spacial score (nSPS) is 13.9. The minimum Gasteiger partial charge on any atom is -0.314 e. The van der Waals surface area contributed by atoms with Gasteiger partial charge in [0.2, 0.25) is 0 Å². The molecule has 0 aliphatic carbocycles. The van der Waals surface area contributed by atoms with Gasteiger partial charge in [0.1, 0.15) is 0 Å². The molecule has 1 N–H and O–H groups in total. The molecule has 1 unspecified atom stereocenters. The molecule has 1 aromatic carbocycles. The highest BCUT2D eigenvalue weighted by Crippen LogP contribution is 2.29. The number of hydrogen-bond donors (Lipinski definition) is 1. The van der Waals surface area contributed by atoms with Crippen LogP contribution >= 0.6 is 0 Å². The van der Waals surface area contributed by atoms with Crippen molar-refractivity contribution in [3.63, 3.8) is 0 Å². The Morgan fingerprint density at radius 2 is 1.68 bits per heavy atom. The summed E-state index contributed by atoms with van der Waals surface area (Å²) in [6, 6.07) is 7.45. The number of hydrogen-bond acceptors (Lipinski definition) is 1. The van der Waals surface area contributed by atoms with Crippen molar-refractivity contribution < 1.29 is 0 Å². The number of nitrogens with one attached hydrogen (secondary N) is 1. The molecule has 0 bridgehead atoms. The third kappa shape index (κ3) is 5.36. The van der Waals surface area contributed by atoms with Crippen LogP contribution < -0.4 is 5.32 Å². The second-order valence-electron chi connectivity index (χ2n) is 7.25. The van der Waals surface area contributed by atoms with Crippen LogP contribution in [0.15, 0.2) is 18.2 Å². The molecule has 0 aromatic heterocycles. The van der Waals surface area contributed by atoms with Gasteiger partial charge < -0.3 is 5.32 Å². The zero-order valence-corrected chi connectivity index (χ0v) is 13.8. The maximum absolute atomic E-state index is 3.60. The molecule has 19 heavy (non-hydrogen) atoms. The lowest BCUT2D eigenvalue weighted by Gasteiger charge is -2.32. The lowest BCUT2D eigenvalue weighted by atomic mass is 9.77. The van der Waals surface area contributed by atoms with E-state index in [0.29, 0.717) is 17.4 Å². The first kappa shape index (κ1) is 16.2. The molecule has 0 spiro atoms. The predicted octanol–water partition coefficient (Wildman–Crippen LogP) is 4.51. The Labute approximate surface area is 119 Å². The quantitative estimate of drug-likeness (QED) is 0.822. The number of aryl methyl sites for hydroxylation is 2. The summed E-state index contributed by atoms with van der Waals surface area (Å²) >= 11 is 0. The van der Waals surface area contributed by atoms with Crippen molar-refractivity contribution in [2.75, 3.05) is 6.54 Å². The van der Waals surface area contributed by atoms with E-state index in [0.717, 1.165) is 13.0 Å². The summed E-state index contributed by atoms with van der Waals surface area (Å²) in [6.45, 7) is 17.0. The second-order valence-corrected chi connectivity index (χ2v) is 7.25. The van der Waals surface area contributed by atoms with E-state index in [1.54, 1.807) is 0 Å². The molecule has 0 aliphatic rings. The van der Waals surface area contributed by atoms with Crippen molar-refractivity contribution in [2.24, 2.45) is 11.3 Å². The Balaban J connectivity index is 2.79. The highest BCUT2D eigenvalue weighted by atomic mass is 14.9. The van der Waals surface area contributed by atoms with E-state index in [1.807, 2.05) is 0 Å². The Morgan fingerprint density at radius 3 is 2.16 bits per heavy atom. The highest BCUT2D eigenvalue weighted by molar-refractivity contribution is 5.30. The van der Waals surface area contributed by atoms with Crippen molar-refractivity contribution in [2.45, 2.75) is 60.9 Å². The molecule has 0 fully saturated rings. The molecule has 0 heterocycles. The average molecular weight is 261 g/mol. The van der Waals surface area contributed by atoms with Crippen LogP contribution in [0, 0.1) is 25.2 Å². The van der Waals surface area contributed by atoms with Crippen LogP contribution in [0.5, 0.6) is 0 Å². The van der Waals surface area contributed by atoms with Gasteiger partial charge in [-0.25, -0.2) is 0 Å². The molecule has 0 radical (unpaired) electrons. The zero-order chi connectivity index (χ0) is 14.6. The van der Waals surface area contributed by atoms with Gasteiger partial charge in [-0.2, -0.15) is 0 Å². The molecule has 1 atom stereocenters. The van der Waals surface area contributed by atoms with E-state index in [9.17, 15) is 0 Å². The predicted molar refractivity (Wildman–Crippen MR) is 85.7 cm³/mol. The van der Waals surface area contributed by atoms with Crippen molar-refractivity contribution in [3.8, 4) is 0 Å². The standard InChI is InChI=1S/C18H31N/c1-13(2)19-12-17(18(5,6)7)11-16-9-8-14(3)15(4)10-16/h8-10,13,17,19H,11-12H2,1-7H3. The van der Waals surface area contributed by atoms with Crippen LogP contribution in [0.25, 0.3) is 0 Å². The highest BCUT2D eigenvalue weighted by Gasteiger charge is 2.24. The van der Waals surface area contributed by atoms with E-state index < -0.39 is 0 Å². The third-order valence-electron chi connectivity index (χ3n) is 4.05. The first-order valence-electron chi connectivity index (χ1n) is 7.49. The Hall–Kier alpha value is -0.820. The minimum absolute atomic E-state index is 0.334. The number of benzene rings is 1. The van der Waals surface area contributed by atoms with Crippen molar-refractivity contribution >= 4 is 0 Å². The van der Waals surface area contributed by atoms with Gasteiger partial charge in [-0.1, -0.05) is 52.8 Å². The topological polar surface area (TPSA) is 12.0 Å². The molecule has 1 heteroatoms. The molecular formula is C18H31N. The van der Waals surface area contributed by atoms with Crippen LogP contribution in [-0.2, 0) is 6.42 Å². The lowest BCUT2D eigenvalue weighted by Crippen LogP contribution is -2.36. The summed E-state index contributed by atoms with van der Waals surface area (Å²) in [5, 5.41) is 3.60. The van der Waals surface area contributed by atoms with Gasteiger partial charge in [0.25, 0.3) is 0 Å². The van der Waals surface area contributed by atoms with Crippen LogP contribution in [0.3, 0.4) is 0 Å². The van der Waals surface area contributed by atoms with Gasteiger partial charge in [0.15, 0.2) is 0 Å². The molecule has 108 valence electrons. The van der Waals surface area contributed by atoms with Gasteiger partial charge in [-0.05, 0) is 54.8 Å². The summed E-state index contributed by atoms with van der Waals surface area (Å²) in [5.41, 5.74) is 4.59. The fraction of sp³-hybridized carbons (Fsp3) is 0.667. The Morgan fingerprint density at radius 1 is 1.05 bits per heavy atom. The zero-order valence-electron chi connectivity index (χ0n) is 13.8. The molecule has 0 saturated heterocycles. The molecule has 0 saturated carbocycles. The molecule has 0 aliphatic heterocycles. The fourth-order valence-electron chi connectivity index (χ4n) is 2.28. The van der Waals surface area contributed by atoms with E-state index >= 15 is 0 Å². The molecule has 1 nitrogen and oxygen atoms in total. The van der Waals surface area contributed by atoms with Crippen molar-refractivity contribution in [1.29, 1.82) is 0 Å². The molecule has 0 amide bonds. The van der Waals surface area contributed by atoms with Crippen molar-refractivity contribution in [3.05, 3.63) is 34.9 Å². The summed E-state index contributed by atoms with van der Waals surface area (Å²) in [6.07, 6.45) is 1.16. The Kier molecular flexibility index (Phi) is 5.61. The summed E-state index contributed by atoms with van der Waals surface area (Å²) in [4.78, 5) is 0. The van der Waals surface area contributed by atoms with Crippen LogP contribution in [0.1, 0.15) is 51.3 Å². The first-order chi connectivity index (χ1) is 8.70.